The van der Waals surface area contributed by atoms with Gasteiger partial charge in [0.25, 0.3) is 0 Å². The average molecular weight is 375 g/mol. The number of carbonyl (C=O) groups excluding carboxylic acids is 1. The number of rotatable bonds is 4. The third-order valence-electron chi connectivity index (χ3n) is 6.65. The molecule has 0 fully saturated rings. The van der Waals surface area contributed by atoms with Gasteiger partial charge < -0.3 is 0 Å². The van der Waals surface area contributed by atoms with Crippen LogP contribution in [0.1, 0.15) is 87.9 Å². The fraction of sp³-hybridized carbons (Fsp3) is 0.444. The molecule has 0 unspecified atom stereocenters. The van der Waals surface area contributed by atoms with Crippen LogP contribution >= 0.6 is 0 Å². The molecule has 0 saturated heterocycles. The van der Waals surface area contributed by atoms with Crippen molar-refractivity contribution in [2.24, 2.45) is 0 Å². The maximum absolute atomic E-state index is 13.0. The van der Waals surface area contributed by atoms with E-state index >= 15 is 0 Å². The van der Waals surface area contributed by atoms with E-state index < -0.39 is 0 Å². The highest BCUT2D eigenvalue weighted by Gasteiger charge is 2.37. The van der Waals surface area contributed by atoms with Crippen molar-refractivity contribution < 1.29 is 4.79 Å². The first kappa shape index (κ1) is 20.6. The summed E-state index contributed by atoms with van der Waals surface area (Å²) in [6.45, 7) is 15.6. The molecule has 2 aromatic carbocycles. The Balaban J connectivity index is 2.18. The van der Waals surface area contributed by atoms with Gasteiger partial charge in [-0.3, -0.25) is 4.79 Å². The molecule has 2 aromatic rings. The molecule has 0 saturated carbocycles. The molecule has 1 nitrogen and oxygen atoms in total. The first-order chi connectivity index (χ1) is 13.1. The van der Waals surface area contributed by atoms with E-state index in [1.165, 1.54) is 35.1 Å². The van der Waals surface area contributed by atoms with Crippen LogP contribution in [0.3, 0.4) is 0 Å². The molecular weight excluding hydrogens is 340 g/mol. The Kier molecular flexibility index (Phi) is 5.40. The lowest BCUT2D eigenvalue weighted by Crippen LogP contribution is -2.34. The van der Waals surface area contributed by atoms with Gasteiger partial charge in [-0.1, -0.05) is 75.7 Å². The average Bonchev–Trinajstić information content (AvgIpc) is 2.65. The van der Waals surface area contributed by atoms with E-state index in [4.69, 9.17) is 0 Å². The van der Waals surface area contributed by atoms with Crippen LogP contribution < -0.4 is 0 Å². The number of carbonyl (C=O) groups is 1. The minimum atomic E-state index is 0.161. The van der Waals surface area contributed by atoms with Crippen molar-refractivity contribution in [1.29, 1.82) is 0 Å². The predicted molar refractivity (Wildman–Crippen MR) is 120 cm³/mol. The Morgan fingerprint density at radius 3 is 2.14 bits per heavy atom. The summed E-state index contributed by atoms with van der Waals surface area (Å²) in [5, 5.41) is 0. The number of ketones is 1. The summed E-state index contributed by atoms with van der Waals surface area (Å²) in [6, 6.07) is 12.9. The van der Waals surface area contributed by atoms with Crippen LogP contribution in [0.4, 0.5) is 0 Å². The summed E-state index contributed by atoms with van der Waals surface area (Å²) in [4.78, 5) is 13.0. The van der Waals surface area contributed by atoms with E-state index in [1.807, 2.05) is 38.1 Å². The summed E-state index contributed by atoms with van der Waals surface area (Å²) in [7, 11) is 0. The number of hydrogen-bond donors (Lipinski definition) is 0. The van der Waals surface area contributed by atoms with Crippen molar-refractivity contribution in [2.75, 3.05) is 0 Å². The van der Waals surface area contributed by atoms with Gasteiger partial charge in [0.1, 0.15) is 0 Å². The van der Waals surface area contributed by atoms with Crippen LogP contribution in [-0.2, 0) is 10.8 Å². The highest BCUT2D eigenvalue weighted by Crippen LogP contribution is 2.47. The number of fused-ring (bicyclic) bond motifs is 1. The lowest BCUT2D eigenvalue weighted by Gasteiger charge is -2.42. The number of Topliss-reactive ketones (excluding diaryl/α,β-unsaturated/α-hetero) is 1. The van der Waals surface area contributed by atoms with Gasteiger partial charge in [-0.05, 0) is 72.3 Å². The second-order valence-electron chi connectivity index (χ2n) is 9.76. The monoisotopic (exact) mass is 374 g/mol. The molecule has 28 heavy (non-hydrogen) atoms. The standard InChI is InChI=1S/C27H34O/c1-8-18(2)15-25(28)21-12-10-9-11-20(21)22-17-24-23(16-19(22)3)26(4,5)13-14-27(24,6)7/h8-12,16-17H,13-15H2,1-7H3. The van der Waals surface area contributed by atoms with Crippen LogP contribution in [0.15, 0.2) is 48.0 Å². The molecule has 0 amide bonds. The Bertz CT molecular complexity index is 941. The van der Waals surface area contributed by atoms with Crippen molar-refractivity contribution in [2.45, 2.75) is 78.6 Å². The predicted octanol–water partition coefficient (Wildman–Crippen LogP) is 7.55. The molecule has 0 atom stereocenters. The van der Waals surface area contributed by atoms with Crippen LogP contribution in [-0.4, -0.2) is 5.78 Å². The van der Waals surface area contributed by atoms with Crippen molar-refractivity contribution in [3.8, 4) is 11.1 Å². The second-order valence-corrected chi connectivity index (χ2v) is 9.76. The van der Waals surface area contributed by atoms with Gasteiger partial charge in [0, 0.05) is 12.0 Å². The molecule has 0 aliphatic heterocycles. The Labute approximate surface area is 170 Å². The quantitative estimate of drug-likeness (QED) is 0.399. The highest BCUT2D eigenvalue weighted by atomic mass is 16.1. The van der Waals surface area contributed by atoms with Gasteiger partial charge in [-0.15, -0.1) is 0 Å². The molecule has 0 spiro atoms. The zero-order valence-corrected chi connectivity index (χ0v) is 18.6. The minimum absolute atomic E-state index is 0.161. The van der Waals surface area contributed by atoms with Crippen molar-refractivity contribution >= 4 is 5.78 Å². The van der Waals surface area contributed by atoms with E-state index in [1.54, 1.807) is 0 Å². The van der Waals surface area contributed by atoms with Crippen LogP contribution in [0.25, 0.3) is 11.1 Å². The largest absolute Gasteiger partial charge is 0.294 e. The smallest absolute Gasteiger partial charge is 0.167 e. The van der Waals surface area contributed by atoms with E-state index in [0.29, 0.717) is 6.42 Å². The van der Waals surface area contributed by atoms with Crippen LogP contribution in [0, 0.1) is 6.92 Å². The van der Waals surface area contributed by atoms with Gasteiger partial charge in [0.05, 0.1) is 0 Å². The summed E-state index contributed by atoms with van der Waals surface area (Å²) < 4.78 is 0. The molecule has 0 aromatic heterocycles. The SMILES string of the molecule is CC=C(C)CC(=O)c1ccccc1-c1cc2c(cc1C)C(C)(C)CCC2(C)C. The topological polar surface area (TPSA) is 17.1 Å². The molecule has 0 radical (unpaired) electrons. The number of hydrogen-bond acceptors (Lipinski definition) is 1. The van der Waals surface area contributed by atoms with Crippen molar-refractivity contribution in [1.82, 2.24) is 0 Å². The number of benzene rings is 2. The number of allylic oxidation sites excluding steroid dienone is 2. The van der Waals surface area contributed by atoms with E-state index in [0.717, 1.165) is 16.7 Å². The third kappa shape index (κ3) is 3.72. The number of aryl methyl sites for hydroxylation is 1. The highest BCUT2D eigenvalue weighted by molar-refractivity contribution is 6.03. The maximum atomic E-state index is 13.0. The Morgan fingerprint density at radius 2 is 1.54 bits per heavy atom. The summed E-state index contributed by atoms with van der Waals surface area (Å²) in [5.74, 6) is 0.197. The molecule has 148 valence electrons. The third-order valence-corrected chi connectivity index (χ3v) is 6.65. The van der Waals surface area contributed by atoms with Crippen molar-refractivity contribution in [3.63, 3.8) is 0 Å². The van der Waals surface area contributed by atoms with E-state index in [9.17, 15) is 4.79 Å². The Hall–Kier alpha value is -2.15. The van der Waals surface area contributed by atoms with Gasteiger partial charge in [-0.25, -0.2) is 0 Å². The lowest BCUT2D eigenvalue weighted by molar-refractivity contribution is 0.0993. The summed E-state index contributed by atoms with van der Waals surface area (Å²) >= 11 is 0. The molecule has 0 heterocycles. The van der Waals surface area contributed by atoms with Crippen LogP contribution in [0.5, 0.6) is 0 Å². The van der Waals surface area contributed by atoms with Gasteiger partial charge in [0.15, 0.2) is 5.78 Å². The molecule has 0 bridgehead atoms. The fourth-order valence-corrected chi connectivity index (χ4v) is 4.42. The molecular formula is C27H34O. The molecule has 1 heteroatoms. The normalized spacial score (nSPS) is 17.9. The van der Waals surface area contributed by atoms with E-state index in [2.05, 4.69) is 52.8 Å². The summed E-state index contributed by atoms with van der Waals surface area (Å²) in [6.07, 6.45) is 4.91. The first-order valence-electron chi connectivity index (χ1n) is 10.5. The molecule has 3 rings (SSSR count). The Morgan fingerprint density at radius 1 is 0.964 bits per heavy atom. The zero-order valence-electron chi connectivity index (χ0n) is 18.6. The second kappa shape index (κ2) is 7.35. The lowest BCUT2D eigenvalue weighted by atomic mass is 9.62. The minimum Gasteiger partial charge on any atom is -0.294 e. The first-order valence-corrected chi connectivity index (χ1v) is 10.5. The van der Waals surface area contributed by atoms with Crippen LogP contribution in [0.2, 0.25) is 0 Å². The molecule has 1 aliphatic carbocycles. The van der Waals surface area contributed by atoms with Gasteiger partial charge >= 0.3 is 0 Å². The maximum Gasteiger partial charge on any atom is 0.167 e. The summed E-state index contributed by atoms with van der Waals surface area (Å²) in [5.41, 5.74) is 8.75. The zero-order chi connectivity index (χ0) is 20.7. The fourth-order valence-electron chi connectivity index (χ4n) is 4.42. The van der Waals surface area contributed by atoms with Gasteiger partial charge in [0.2, 0.25) is 0 Å². The molecule has 1 aliphatic rings. The molecule has 0 N–H and O–H groups in total. The van der Waals surface area contributed by atoms with E-state index in [-0.39, 0.29) is 16.6 Å². The van der Waals surface area contributed by atoms with Crippen molar-refractivity contribution in [3.05, 3.63) is 70.3 Å². The van der Waals surface area contributed by atoms with Gasteiger partial charge in [-0.2, -0.15) is 0 Å².